The molecule has 1 fully saturated rings. The molecule has 4 N–H and O–H groups in total. The van der Waals surface area contributed by atoms with Crippen molar-refractivity contribution in [1.82, 2.24) is 10.6 Å². The molecule has 0 aliphatic carbocycles. The van der Waals surface area contributed by atoms with E-state index in [-0.39, 0.29) is 17.9 Å². The summed E-state index contributed by atoms with van der Waals surface area (Å²) >= 11 is 8.44. The van der Waals surface area contributed by atoms with E-state index in [2.05, 4.69) is 22.8 Å². The smallest absolute Gasteiger partial charge is 0.228 e. The molecule has 0 spiro atoms. The Balaban J connectivity index is 1.63. The molecule has 2 aliphatic rings. The normalized spacial score (nSPS) is 24.9. The number of halogens is 1. The summed E-state index contributed by atoms with van der Waals surface area (Å²) in [5.74, 6) is 1.09. The molecule has 2 heterocycles. The molecule has 2 aromatic carbocycles. The van der Waals surface area contributed by atoms with Gasteiger partial charge < -0.3 is 16.4 Å². The molecule has 3 atom stereocenters. The number of amides is 1. The average Bonchev–Trinajstić information content (AvgIpc) is 2.68. The molecule has 6 heteroatoms. The van der Waals surface area contributed by atoms with Crippen molar-refractivity contribution in [1.29, 1.82) is 0 Å². The Bertz CT molecular complexity index is 818. The highest BCUT2D eigenvalue weighted by Gasteiger charge is 2.35. The molecule has 0 aromatic heterocycles. The summed E-state index contributed by atoms with van der Waals surface area (Å²) < 4.78 is 0. The number of fused-ring (bicyclic) bond motifs is 1. The van der Waals surface area contributed by atoms with Crippen molar-refractivity contribution in [3.8, 4) is 0 Å². The van der Waals surface area contributed by atoms with Crippen molar-refractivity contribution in [2.75, 3.05) is 24.6 Å². The number of nitrogen functional groups attached to an aromatic ring is 1. The Hall–Kier alpha value is -1.69. The zero-order valence-electron chi connectivity index (χ0n) is 15.1. The minimum atomic E-state index is -0.302. The minimum Gasteiger partial charge on any atom is -0.398 e. The first-order valence-electron chi connectivity index (χ1n) is 9.40. The molecule has 1 amide bonds. The van der Waals surface area contributed by atoms with Gasteiger partial charge in [0.05, 0.1) is 12.0 Å². The SMILES string of the molecule is Nc1cccc(Cl)c1C1NC(=O)C(CCC2CNCCS2)c2ccccc21. The molecule has 1 saturated heterocycles. The van der Waals surface area contributed by atoms with Crippen LogP contribution < -0.4 is 16.4 Å². The first kappa shape index (κ1) is 18.7. The lowest BCUT2D eigenvalue weighted by Gasteiger charge is -2.34. The predicted octanol–water partition coefficient (Wildman–Crippen LogP) is 3.71. The largest absolute Gasteiger partial charge is 0.398 e. The summed E-state index contributed by atoms with van der Waals surface area (Å²) in [6, 6.07) is 13.3. The third-order valence-corrected chi connectivity index (χ3v) is 7.09. The van der Waals surface area contributed by atoms with Crippen LogP contribution in [0.4, 0.5) is 5.69 Å². The van der Waals surface area contributed by atoms with Crippen molar-refractivity contribution < 1.29 is 4.79 Å². The van der Waals surface area contributed by atoms with E-state index in [1.165, 1.54) is 0 Å². The van der Waals surface area contributed by atoms with Gasteiger partial charge in [-0.25, -0.2) is 0 Å². The van der Waals surface area contributed by atoms with Crippen LogP contribution in [-0.4, -0.2) is 30.0 Å². The molecule has 2 aromatic rings. The van der Waals surface area contributed by atoms with E-state index in [0.717, 1.165) is 48.4 Å². The monoisotopic (exact) mass is 401 g/mol. The maximum atomic E-state index is 13.0. The highest BCUT2D eigenvalue weighted by molar-refractivity contribution is 8.00. The van der Waals surface area contributed by atoms with Crippen LogP contribution >= 0.6 is 23.4 Å². The van der Waals surface area contributed by atoms with Gasteiger partial charge in [-0.2, -0.15) is 11.8 Å². The van der Waals surface area contributed by atoms with Gasteiger partial charge in [-0.1, -0.05) is 41.9 Å². The maximum absolute atomic E-state index is 13.0. The zero-order chi connectivity index (χ0) is 18.8. The van der Waals surface area contributed by atoms with E-state index in [9.17, 15) is 4.79 Å². The number of benzene rings is 2. The van der Waals surface area contributed by atoms with Gasteiger partial charge in [-0.3, -0.25) is 4.79 Å². The van der Waals surface area contributed by atoms with Crippen LogP contribution in [0.1, 0.15) is 41.5 Å². The Morgan fingerprint density at radius 2 is 1.93 bits per heavy atom. The van der Waals surface area contributed by atoms with Gasteiger partial charge in [-0.15, -0.1) is 0 Å². The van der Waals surface area contributed by atoms with Crippen LogP contribution in [0, 0.1) is 0 Å². The number of carbonyl (C=O) groups excluding carboxylic acids is 1. The van der Waals surface area contributed by atoms with Crippen LogP contribution in [0.5, 0.6) is 0 Å². The lowest BCUT2D eigenvalue weighted by molar-refractivity contribution is -0.123. The van der Waals surface area contributed by atoms with Gasteiger partial charge in [-0.05, 0) is 36.1 Å². The Labute approximate surface area is 169 Å². The van der Waals surface area contributed by atoms with Gasteiger partial charge in [0.15, 0.2) is 0 Å². The number of thioether (sulfide) groups is 1. The molecular formula is C21H24ClN3OS. The predicted molar refractivity (Wildman–Crippen MR) is 113 cm³/mol. The number of anilines is 1. The third-order valence-electron chi connectivity index (χ3n) is 5.44. The van der Waals surface area contributed by atoms with Gasteiger partial charge in [0.2, 0.25) is 5.91 Å². The third kappa shape index (κ3) is 3.82. The lowest BCUT2D eigenvalue weighted by Crippen LogP contribution is -2.40. The highest BCUT2D eigenvalue weighted by atomic mass is 35.5. The zero-order valence-corrected chi connectivity index (χ0v) is 16.7. The molecule has 4 rings (SSSR count). The average molecular weight is 402 g/mol. The fourth-order valence-corrected chi connectivity index (χ4v) is 5.51. The number of nitrogens with one attached hydrogen (secondary N) is 2. The summed E-state index contributed by atoms with van der Waals surface area (Å²) in [5, 5.41) is 7.79. The van der Waals surface area contributed by atoms with E-state index in [4.69, 9.17) is 17.3 Å². The Morgan fingerprint density at radius 3 is 2.67 bits per heavy atom. The second-order valence-electron chi connectivity index (χ2n) is 7.14. The van der Waals surface area contributed by atoms with Crippen molar-refractivity contribution >= 4 is 35.0 Å². The molecule has 2 aliphatic heterocycles. The van der Waals surface area contributed by atoms with Crippen molar-refractivity contribution in [2.45, 2.75) is 30.1 Å². The number of hydrogen-bond donors (Lipinski definition) is 3. The van der Waals surface area contributed by atoms with Crippen molar-refractivity contribution in [3.05, 3.63) is 64.2 Å². The van der Waals surface area contributed by atoms with E-state index in [1.54, 1.807) is 0 Å². The van der Waals surface area contributed by atoms with E-state index < -0.39 is 0 Å². The quantitative estimate of drug-likeness (QED) is 0.683. The highest BCUT2D eigenvalue weighted by Crippen LogP contribution is 2.41. The summed E-state index contributed by atoms with van der Waals surface area (Å²) in [4.78, 5) is 13.0. The van der Waals surface area contributed by atoms with E-state index >= 15 is 0 Å². The van der Waals surface area contributed by atoms with Crippen molar-refractivity contribution in [3.63, 3.8) is 0 Å². The molecule has 0 radical (unpaired) electrons. The van der Waals surface area contributed by atoms with Crippen LogP contribution in [-0.2, 0) is 4.79 Å². The molecule has 3 unspecified atom stereocenters. The molecule has 27 heavy (non-hydrogen) atoms. The first-order chi connectivity index (χ1) is 13.1. The van der Waals surface area contributed by atoms with Gasteiger partial charge in [0.1, 0.15) is 0 Å². The van der Waals surface area contributed by atoms with E-state index in [0.29, 0.717) is 16.0 Å². The fourth-order valence-electron chi connectivity index (χ4n) is 4.08. The van der Waals surface area contributed by atoms with Crippen molar-refractivity contribution in [2.24, 2.45) is 0 Å². The molecular weight excluding hydrogens is 378 g/mol. The second-order valence-corrected chi connectivity index (χ2v) is 8.96. The second kappa shape index (κ2) is 8.13. The lowest BCUT2D eigenvalue weighted by atomic mass is 9.81. The number of nitrogens with two attached hydrogens (primary N) is 1. The molecule has 0 bridgehead atoms. The summed E-state index contributed by atoms with van der Waals surface area (Å²) in [6.45, 7) is 2.11. The van der Waals surface area contributed by atoms with Crippen LogP contribution in [0.3, 0.4) is 0 Å². The fraction of sp³-hybridized carbons (Fsp3) is 0.381. The summed E-state index contributed by atoms with van der Waals surface area (Å²) in [7, 11) is 0. The molecule has 142 valence electrons. The van der Waals surface area contributed by atoms with Gasteiger partial charge in [0.25, 0.3) is 0 Å². The van der Waals surface area contributed by atoms with E-state index in [1.807, 2.05) is 42.1 Å². The Kier molecular flexibility index (Phi) is 5.62. The number of rotatable bonds is 4. The van der Waals surface area contributed by atoms with Crippen LogP contribution in [0.25, 0.3) is 0 Å². The van der Waals surface area contributed by atoms with Gasteiger partial charge in [0, 0.05) is 40.4 Å². The summed E-state index contributed by atoms with van der Waals surface area (Å²) in [5.41, 5.74) is 9.78. The first-order valence-corrected chi connectivity index (χ1v) is 10.8. The number of carbonyl (C=O) groups is 1. The Morgan fingerprint density at radius 1 is 1.11 bits per heavy atom. The van der Waals surface area contributed by atoms with Gasteiger partial charge >= 0.3 is 0 Å². The maximum Gasteiger partial charge on any atom is 0.228 e. The van der Waals surface area contributed by atoms with Crippen LogP contribution in [0.2, 0.25) is 5.02 Å². The van der Waals surface area contributed by atoms with Crippen LogP contribution in [0.15, 0.2) is 42.5 Å². The number of hydrogen-bond acceptors (Lipinski definition) is 4. The molecule has 4 nitrogen and oxygen atoms in total. The summed E-state index contributed by atoms with van der Waals surface area (Å²) in [6.07, 6.45) is 1.88. The topological polar surface area (TPSA) is 67.1 Å². The minimum absolute atomic E-state index is 0.0618. The standard InChI is InChI=1S/C21H24ClN3OS/c22-17-6-3-7-18(23)19(17)20-15-5-2-1-4-14(15)16(21(26)25-20)9-8-13-12-24-10-11-27-13/h1-7,13,16,20,24H,8-12,23H2,(H,25,26). The molecule has 0 saturated carbocycles.